The lowest BCUT2D eigenvalue weighted by Gasteiger charge is -2.25. The van der Waals surface area contributed by atoms with Crippen molar-refractivity contribution in [3.63, 3.8) is 0 Å². The van der Waals surface area contributed by atoms with E-state index in [0.29, 0.717) is 23.6 Å². The fraction of sp³-hybridized carbons (Fsp3) is 0.421. The molecule has 2 N–H and O–H groups in total. The van der Waals surface area contributed by atoms with Gasteiger partial charge in [0.2, 0.25) is 5.91 Å². The number of imide groups is 2. The van der Waals surface area contributed by atoms with Crippen LogP contribution in [0.25, 0.3) is 0 Å². The molecule has 150 valence electrons. The molecule has 1 aliphatic heterocycles. The molecule has 0 saturated carbocycles. The molecule has 0 aliphatic carbocycles. The number of hydrogen-bond acceptors (Lipinski definition) is 6. The van der Waals surface area contributed by atoms with Gasteiger partial charge in [0.05, 0.1) is 6.42 Å². The third kappa shape index (κ3) is 5.90. The standard InChI is InChI=1S/C19H23N3O6/c1-12(2)7-8-20-19(27)21-15(23)11-28-17(25)10-22-16(24)9-13-5-3-4-6-14(13)18(22)26/h3-6,12H,7-11H2,1-2H3,(H2,20,21,23,27). The van der Waals surface area contributed by atoms with Crippen molar-refractivity contribution in [1.29, 1.82) is 0 Å². The molecular formula is C19H23N3O6. The van der Waals surface area contributed by atoms with Gasteiger partial charge in [-0.25, -0.2) is 4.79 Å². The first-order valence-electron chi connectivity index (χ1n) is 8.93. The summed E-state index contributed by atoms with van der Waals surface area (Å²) in [5, 5.41) is 4.54. The highest BCUT2D eigenvalue weighted by Crippen LogP contribution is 2.19. The van der Waals surface area contributed by atoms with E-state index in [9.17, 15) is 24.0 Å². The monoisotopic (exact) mass is 389 g/mol. The van der Waals surface area contributed by atoms with Gasteiger partial charge in [0, 0.05) is 12.1 Å². The lowest BCUT2D eigenvalue weighted by Crippen LogP contribution is -2.46. The number of rotatable bonds is 7. The molecule has 0 saturated heterocycles. The van der Waals surface area contributed by atoms with Crippen LogP contribution in [0.2, 0.25) is 0 Å². The summed E-state index contributed by atoms with van der Waals surface area (Å²) in [4.78, 5) is 60.3. The van der Waals surface area contributed by atoms with Gasteiger partial charge in [-0.15, -0.1) is 0 Å². The fourth-order valence-corrected chi connectivity index (χ4v) is 2.56. The third-order valence-electron chi connectivity index (χ3n) is 4.05. The molecule has 9 heteroatoms. The number of carbonyl (C=O) groups is 5. The molecule has 0 bridgehead atoms. The molecule has 1 aliphatic rings. The van der Waals surface area contributed by atoms with Gasteiger partial charge in [-0.2, -0.15) is 0 Å². The van der Waals surface area contributed by atoms with Crippen molar-refractivity contribution in [3.8, 4) is 0 Å². The summed E-state index contributed by atoms with van der Waals surface area (Å²) in [6.45, 7) is 3.13. The maximum Gasteiger partial charge on any atom is 0.326 e. The molecule has 0 unspecified atom stereocenters. The van der Waals surface area contributed by atoms with E-state index in [1.807, 2.05) is 19.2 Å². The van der Waals surface area contributed by atoms with E-state index in [1.54, 1.807) is 24.3 Å². The Labute approximate surface area is 162 Å². The number of esters is 1. The Bertz CT molecular complexity index is 790. The predicted molar refractivity (Wildman–Crippen MR) is 98.1 cm³/mol. The smallest absolute Gasteiger partial charge is 0.326 e. The normalized spacial score (nSPS) is 13.2. The van der Waals surface area contributed by atoms with Crippen LogP contribution in [0.1, 0.15) is 36.2 Å². The Balaban J connectivity index is 1.78. The van der Waals surface area contributed by atoms with Crippen LogP contribution in [0.3, 0.4) is 0 Å². The third-order valence-corrected chi connectivity index (χ3v) is 4.05. The van der Waals surface area contributed by atoms with Crippen LogP contribution >= 0.6 is 0 Å². The van der Waals surface area contributed by atoms with Crippen molar-refractivity contribution >= 4 is 29.7 Å². The van der Waals surface area contributed by atoms with Gasteiger partial charge in [0.1, 0.15) is 6.54 Å². The zero-order valence-corrected chi connectivity index (χ0v) is 15.8. The van der Waals surface area contributed by atoms with Gasteiger partial charge in [-0.05, 0) is 24.0 Å². The number of amides is 5. The van der Waals surface area contributed by atoms with Crippen LogP contribution in [-0.2, 0) is 25.5 Å². The maximum atomic E-state index is 12.4. The largest absolute Gasteiger partial charge is 0.454 e. The van der Waals surface area contributed by atoms with E-state index in [1.165, 1.54) is 0 Å². The highest BCUT2D eigenvalue weighted by molar-refractivity contribution is 6.11. The molecule has 0 fully saturated rings. The van der Waals surface area contributed by atoms with Gasteiger partial charge < -0.3 is 10.1 Å². The molecule has 1 aromatic rings. The molecule has 0 aromatic heterocycles. The quantitative estimate of drug-likeness (QED) is 0.521. The Kier molecular flexibility index (Phi) is 7.25. The van der Waals surface area contributed by atoms with Gasteiger partial charge >= 0.3 is 12.0 Å². The van der Waals surface area contributed by atoms with E-state index in [2.05, 4.69) is 5.32 Å². The van der Waals surface area contributed by atoms with Gasteiger partial charge in [0.25, 0.3) is 11.8 Å². The Morgan fingerprint density at radius 2 is 1.89 bits per heavy atom. The summed E-state index contributed by atoms with van der Waals surface area (Å²) < 4.78 is 4.76. The van der Waals surface area contributed by atoms with Crippen molar-refractivity contribution < 1.29 is 28.7 Å². The second-order valence-corrected chi connectivity index (χ2v) is 6.77. The van der Waals surface area contributed by atoms with Crippen LogP contribution in [0.5, 0.6) is 0 Å². The zero-order valence-electron chi connectivity index (χ0n) is 15.8. The molecule has 0 atom stereocenters. The average molecular weight is 389 g/mol. The molecule has 28 heavy (non-hydrogen) atoms. The van der Waals surface area contributed by atoms with Crippen molar-refractivity contribution in [2.45, 2.75) is 26.7 Å². The first-order valence-corrected chi connectivity index (χ1v) is 8.93. The van der Waals surface area contributed by atoms with E-state index in [0.717, 1.165) is 11.3 Å². The summed E-state index contributed by atoms with van der Waals surface area (Å²) >= 11 is 0. The van der Waals surface area contributed by atoms with Gasteiger partial charge in [-0.3, -0.25) is 29.4 Å². The summed E-state index contributed by atoms with van der Waals surface area (Å²) in [5.74, 6) is -2.43. The zero-order chi connectivity index (χ0) is 20.7. The number of benzene rings is 1. The van der Waals surface area contributed by atoms with Crippen LogP contribution in [-0.4, -0.2) is 54.3 Å². The molecule has 1 aromatic carbocycles. The van der Waals surface area contributed by atoms with E-state index in [-0.39, 0.29) is 6.42 Å². The highest BCUT2D eigenvalue weighted by atomic mass is 16.5. The summed E-state index contributed by atoms with van der Waals surface area (Å²) in [6.07, 6.45) is 0.768. The van der Waals surface area contributed by atoms with Crippen molar-refractivity contribution in [2.75, 3.05) is 19.7 Å². The second-order valence-electron chi connectivity index (χ2n) is 6.77. The maximum absolute atomic E-state index is 12.4. The summed E-state index contributed by atoms with van der Waals surface area (Å²) in [7, 11) is 0. The van der Waals surface area contributed by atoms with Gasteiger partial charge in [0.15, 0.2) is 6.61 Å². The summed E-state index contributed by atoms with van der Waals surface area (Å²) in [5.41, 5.74) is 0.954. The van der Waals surface area contributed by atoms with Crippen LogP contribution in [0.4, 0.5) is 4.79 Å². The average Bonchev–Trinajstić information content (AvgIpc) is 2.63. The Hall–Kier alpha value is -3.23. The first kappa shape index (κ1) is 21.1. The van der Waals surface area contributed by atoms with E-state index in [4.69, 9.17) is 4.74 Å². The minimum Gasteiger partial charge on any atom is -0.454 e. The van der Waals surface area contributed by atoms with Crippen LogP contribution < -0.4 is 10.6 Å². The lowest BCUT2D eigenvalue weighted by molar-refractivity contribution is -0.151. The Morgan fingerprint density at radius 3 is 2.61 bits per heavy atom. The van der Waals surface area contributed by atoms with Crippen molar-refractivity contribution in [3.05, 3.63) is 35.4 Å². The van der Waals surface area contributed by atoms with Crippen LogP contribution in [0, 0.1) is 5.92 Å². The molecule has 1 heterocycles. The molecular weight excluding hydrogens is 366 g/mol. The van der Waals surface area contributed by atoms with Crippen LogP contribution in [0.15, 0.2) is 24.3 Å². The van der Waals surface area contributed by atoms with E-state index >= 15 is 0 Å². The minimum atomic E-state index is -0.920. The molecule has 5 amide bonds. The highest BCUT2D eigenvalue weighted by Gasteiger charge is 2.32. The molecule has 0 spiro atoms. The number of nitrogens with one attached hydrogen (secondary N) is 2. The van der Waals surface area contributed by atoms with Crippen molar-refractivity contribution in [2.24, 2.45) is 5.92 Å². The summed E-state index contributed by atoms with van der Waals surface area (Å²) in [6, 6.07) is 5.96. The molecule has 9 nitrogen and oxygen atoms in total. The molecule has 0 radical (unpaired) electrons. The first-order chi connectivity index (χ1) is 13.3. The topological polar surface area (TPSA) is 122 Å². The number of carbonyl (C=O) groups excluding carboxylic acids is 5. The predicted octanol–water partition coefficient (Wildman–Crippen LogP) is 0.627. The minimum absolute atomic E-state index is 0.00618. The van der Waals surface area contributed by atoms with E-state index < -0.39 is 42.9 Å². The number of hydrogen-bond donors (Lipinski definition) is 2. The van der Waals surface area contributed by atoms with Gasteiger partial charge in [-0.1, -0.05) is 32.0 Å². The molecule has 2 rings (SSSR count). The number of ether oxygens (including phenoxy) is 1. The fourth-order valence-electron chi connectivity index (χ4n) is 2.56. The lowest BCUT2D eigenvalue weighted by atomic mass is 9.98. The SMILES string of the molecule is CC(C)CCNC(=O)NC(=O)COC(=O)CN1C(=O)Cc2ccccc2C1=O. The number of urea groups is 1. The second kappa shape index (κ2) is 9.63. The number of nitrogens with zero attached hydrogens (tertiary/aromatic N) is 1. The Morgan fingerprint density at radius 1 is 1.18 bits per heavy atom. The number of fused-ring (bicyclic) bond motifs is 1. The van der Waals surface area contributed by atoms with Crippen molar-refractivity contribution in [1.82, 2.24) is 15.5 Å².